The molecule has 3 atom stereocenters. The molecule has 0 unspecified atom stereocenters. The number of carbonyl (C=O) groups is 2. The maximum absolute atomic E-state index is 11.0. The van der Waals surface area contributed by atoms with Crippen molar-refractivity contribution in [3.63, 3.8) is 0 Å². The maximum atomic E-state index is 11.0. The van der Waals surface area contributed by atoms with Gasteiger partial charge in [-0.05, 0) is 13.3 Å². The van der Waals surface area contributed by atoms with Gasteiger partial charge in [0, 0.05) is 13.8 Å². The molecular formula is C11H19BrO4. The van der Waals surface area contributed by atoms with Crippen molar-refractivity contribution in [3.8, 4) is 0 Å². The number of ether oxygens (including phenoxy) is 2. The molecule has 5 heteroatoms. The average molecular weight is 295 g/mol. The van der Waals surface area contributed by atoms with Crippen LogP contribution in [-0.4, -0.2) is 29.0 Å². The summed E-state index contributed by atoms with van der Waals surface area (Å²) >= 11 is 3.46. The molecule has 16 heavy (non-hydrogen) atoms. The lowest BCUT2D eigenvalue weighted by Crippen LogP contribution is -2.38. The molecule has 0 aromatic heterocycles. The van der Waals surface area contributed by atoms with Gasteiger partial charge in [0.25, 0.3) is 0 Å². The molecule has 0 aliphatic heterocycles. The maximum Gasteiger partial charge on any atom is 0.303 e. The van der Waals surface area contributed by atoms with Crippen LogP contribution in [0.3, 0.4) is 0 Å². The minimum Gasteiger partial charge on any atom is -0.459 e. The van der Waals surface area contributed by atoms with Crippen LogP contribution < -0.4 is 0 Å². The fourth-order valence-corrected chi connectivity index (χ4v) is 2.42. The molecule has 0 amide bonds. The third kappa shape index (κ3) is 6.10. The Morgan fingerprint density at radius 1 is 1.19 bits per heavy atom. The Morgan fingerprint density at radius 2 is 1.69 bits per heavy atom. The van der Waals surface area contributed by atoms with Crippen LogP contribution in [0.2, 0.25) is 0 Å². The first-order valence-corrected chi connectivity index (χ1v) is 6.28. The minimum atomic E-state index is -0.447. The van der Waals surface area contributed by atoms with E-state index >= 15 is 0 Å². The Labute approximate surface area is 105 Å². The third-order valence-electron chi connectivity index (χ3n) is 2.04. The van der Waals surface area contributed by atoms with Crippen LogP contribution in [0.4, 0.5) is 0 Å². The van der Waals surface area contributed by atoms with E-state index in [-0.39, 0.29) is 16.8 Å². The molecule has 0 heterocycles. The van der Waals surface area contributed by atoms with Crippen LogP contribution in [0.5, 0.6) is 0 Å². The first-order chi connectivity index (χ1) is 7.38. The van der Waals surface area contributed by atoms with Gasteiger partial charge in [0.2, 0.25) is 0 Å². The van der Waals surface area contributed by atoms with Gasteiger partial charge in [0.1, 0.15) is 6.10 Å². The van der Waals surface area contributed by atoms with Crippen molar-refractivity contribution in [2.75, 3.05) is 0 Å². The highest BCUT2D eigenvalue weighted by molar-refractivity contribution is 9.09. The summed E-state index contributed by atoms with van der Waals surface area (Å²) in [5.74, 6) is -0.745. The van der Waals surface area contributed by atoms with Gasteiger partial charge < -0.3 is 9.47 Å². The zero-order chi connectivity index (χ0) is 12.7. The summed E-state index contributed by atoms with van der Waals surface area (Å²) in [6.07, 6.45) is 0.919. The van der Waals surface area contributed by atoms with E-state index in [0.29, 0.717) is 0 Å². The van der Waals surface area contributed by atoms with Crippen molar-refractivity contribution >= 4 is 27.9 Å². The molecule has 0 saturated heterocycles. The monoisotopic (exact) mass is 294 g/mol. The molecule has 4 nitrogen and oxygen atoms in total. The normalized spacial score (nSPS) is 16.1. The largest absolute Gasteiger partial charge is 0.459 e. The van der Waals surface area contributed by atoms with E-state index in [4.69, 9.17) is 9.47 Å². The smallest absolute Gasteiger partial charge is 0.303 e. The minimum absolute atomic E-state index is 0.00394. The van der Waals surface area contributed by atoms with Crippen molar-refractivity contribution < 1.29 is 19.1 Å². The molecule has 0 spiro atoms. The second kappa shape index (κ2) is 7.65. The van der Waals surface area contributed by atoms with Gasteiger partial charge in [-0.1, -0.05) is 29.3 Å². The second-order valence-electron chi connectivity index (χ2n) is 3.69. The van der Waals surface area contributed by atoms with Gasteiger partial charge in [-0.15, -0.1) is 0 Å². The number of halogens is 1. The van der Waals surface area contributed by atoms with E-state index in [1.54, 1.807) is 6.92 Å². The summed E-state index contributed by atoms with van der Waals surface area (Å²) < 4.78 is 10.2. The first-order valence-electron chi connectivity index (χ1n) is 5.37. The van der Waals surface area contributed by atoms with Gasteiger partial charge in [0.05, 0.1) is 4.83 Å². The molecule has 0 saturated carbocycles. The fraction of sp³-hybridized carbons (Fsp3) is 0.818. The topological polar surface area (TPSA) is 52.6 Å². The van der Waals surface area contributed by atoms with Crippen molar-refractivity contribution in [1.82, 2.24) is 0 Å². The van der Waals surface area contributed by atoms with Gasteiger partial charge in [0.15, 0.2) is 6.10 Å². The van der Waals surface area contributed by atoms with E-state index in [1.165, 1.54) is 13.8 Å². The van der Waals surface area contributed by atoms with E-state index < -0.39 is 12.2 Å². The summed E-state index contributed by atoms with van der Waals surface area (Å²) in [4.78, 5) is 21.8. The third-order valence-corrected chi connectivity index (χ3v) is 3.02. The lowest BCUT2D eigenvalue weighted by molar-refractivity contribution is -0.163. The molecule has 0 rings (SSSR count). The number of hydrogen-bond acceptors (Lipinski definition) is 4. The number of esters is 2. The van der Waals surface area contributed by atoms with Crippen LogP contribution in [0.1, 0.15) is 40.5 Å². The summed E-state index contributed by atoms with van der Waals surface area (Å²) in [6.45, 7) is 6.44. The van der Waals surface area contributed by atoms with Crippen LogP contribution >= 0.6 is 15.9 Å². The zero-order valence-corrected chi connectivity index (χ0v) is 11.7. The molecule has 0 aromatic rings. The summed E-state index contributed by atoms with van der Waals surface area (Å²) in [5, 5.41) is 0. The van der Waals surface area contributed by atoms with Crippen LogP contribution in [0.25, 0.3) is 0 Å². The second-order valence-corrected chi connectivity index (χ2v) is 4.87. The number of rotatable bonds is 6. The standard InChI is InChI=1S/C11H19BrO4/c1-5-6-10(12)11(16-9(4)14)7(2)15-8(3)13/h7,10-11H,5-6H2,1-4H3/t7-,10-,11+/m0/s1. The number of carbonyl (C=O) groups excluding carboxylic acids is 2. The van der Waals surface area contributed by atoms with Crippen LogP contribution in [0.15, 0.2) is 0 Å². The molecule has 94 valence electrons. The summed E-state index contributed by atoms with van der Waals surface area (Å²) in [6, 6.07) is 0. The molecule has 0 fully saturated rings. The lowest BCUT2D eigenvalue weighted by atomic mass is 10.1. The summed E-state index contributed by atoms with van der Waals surface area (Å²) in [7, 11) is 0. The SMILES string of the molecule is CCC[C@H](Br)[C@H](OC(C)=O)[C@H](C)OC(C)=O. The quantitative estimate of drug-likeness (QED) is 0.558. The molecular weight excluding hydrogens is 276 g/mol. The highest BCUT2D eigenvalue weighted by atomic mass is 79.9. The molecule has 0 aliphatic carbocycles. The van der Waals surface area contributed by atoms with Gasteiger partial charge in [-0.25, -0.2) is 0 Å². The van der Waals surface area contributed by atoms with Crippen molar-refractivity contribution in [1.29, 1.82) is 0 Å². The Balaban J connectivity index is 4.50. The Bertz CT molecular complexity index is 242. The number of hydrogen-bond donors (Lipinski definition) is 0. The van der Waals surface area contributed by atoms with E-state index in [1.807, 2.05) is 6.92 Å². The Morgan fingerprint density at radius 3 is 2.06 bits per heavy atom. The van der Waals surface area contributed by atoms with Crippen molar-refractivity contribution in [2.45, 2.75) is 57.6 Å². The zero-order valence-electron chi connectivity index (χ0n) is 10.2. The highest BCUT2D eigenvalue weighted by Crippen LogP contribution is 2.20. The fourth-order valence-electron chi connectivity index (χ4n) is 1.42. The van der Waals surface area contributed by atoms with Gasteiger partial charge in [-0.2, -0.15) is 0 Å². The molecule has 0 aromatic carbocycles. The Hall–Kier alpha value is -0.580. The van der Waals surface area contributed by atoms with Crippen LogP contribution in [-0.2, 0) is 19.1 Å². The van der Waals surface area contributed by atoms with Crippen LogP contribution in [0, 0.1) is 0 Å². The van der Waals surface area contributed by atoms with Gasteiger partial charge in [-0.3, -0.25) is 9.59 Å². The lowest BCUT2D eigenvalue weighted by Gasteiger charge is -2.27. The predicted octanol–water partition coefficient (Wildman–Crippen LogP) is 2.43. The Kier molecular flexibility index (Phi) is 7.38. The molecule has 0 N–H and O–H groups in total. The number of alkyl halides is 1. The van der Waals surface area contributed by atoms with Crippen molar-refractivity contribution in [3.05, 3.63) is 0 Å². The average Bonchev–Trinajstić information content (AvgIpc) is 2.12. The summed E-state index contributed by atoms with van der Waals surface area (Å²) in [5.41, 5.74) is 0. The highest BCUT2D eigenvalue weighted by Gasteiger charge is 2.29. The molecule has 0 bridgehead atoms. The van der Waals surface area contributed by atoms with Crippen molar-refractivity contribution in [2.24, 2.45) is 0 Å². The van der Waals surface area contributed by atoms with E-state index in [9.17, 15) is 9.59 Å². The first kappa shape index (κ1) is 15.4. The molecule has 0 aliphatic rings. The molecule has 0 radical (unpaired) electrons. The van der Waals surface area contributed by atoms with E-state index in [0.717, 1.165) is 12.8 Å². The van der Waals surface area contributed by atoms with E-state index in [2.05, 4.69) is 15.9 Å². The van der Waals surface area contributed by atoms with Gasteiger partial charge >= 0.3 is 11.9 Å². The predicted molar refractivity (Wildman–Crippen MR) is 64.4 cm³/mol.